The van der Waals surface area contributed by atoms with E-state index in [2.05, 4.69) is 15.0 Å². The van der Waals surface area contributed by atoms with Crippen molar-refractivity contribution in [2.24, 2.45) is 0 Å². The van der Waals surface area contributed by atoms with Crippen LogP contribution in [0.4, 0.5) is 4.79 Å². The molecule has 7 heteroatoms. The molecule has 0 fully saturated rings. The van der Waals surface area contributed by atoms with Gasteiger partial charge in [-0.3, -0.25) is 0 Å². The van der Waals surface area contributed by atoms with Gasteiger partial charge >= 0.3 is 12.1 Å². The van der Waals surface area contributed by atoms with Crippen molar-refractivity contribution in [3.8, 4) is 0 Å². The number of carbonyl (C=O) groups excluding carboxylic acids is 1. The Bertz CT molecular complexity index is 338. The molecule has 1 aromatic rings. The van der Waals surface area contributed by atoms with E-state index >= 15 is 0 Å². The number of methoxy groups -OCH3 is 1. The van der Waals surface area contributed by atoms with Gasteiger partial charge < -0.3 is 15.2 Å². The zero-order chi connectivity index (χ0) is 11.3. The normalized spacial score (nSPS) is 11.8. The molecule has 1 atom stereocenters. The number of hydrogen-bond acceptors (Lipinski definition) is 5. The zero-order valence-electron chi connectivity index (χ0n) is 7.97. The fourth-order valence-corrected chi connectivity index (χ4v) is 1.52. The molecule has 82 valence electrons. The van der Waals surface area contributed by atoms with Gasteiger partial charge in [0.05, 0.1) is 18.3 Å². The standard InChI is InChI=1S/C8H10N2O4S/c1-14-8(13)10-6(7(11)12)2-5-3-15-4-9-5/h3-4,6H,2H2,1H3,(H,10,13)(H,11,12)/t6-/m0/s1. The summed E-state index contributed by atoms with van der Waals surface area (Å²) in [4.78, 5) is 25.6. The van der Waals surface area contributed by atoms with Gasteiger partial charge in [-0.15, -0.1) is 11.3 Å². The number of thiazole rings is 1. The van der Waals surface area contributed by atoms with Crippen LogP contribution in [0.15, 0.2) is 10.9 Å². The number of carbonyl (C=O) groups is 2. The smallest absolute Gasteiger partial charge is 0.407 e. The summed E-state index contributed by atoms with van der Waals surface area (Å²) in [7, 11) is 1.18. The lowest BCUT2D eigenvalue weighted by Crippen LogP contribution is -2.42. The summed E-state index contributed by atoms with van der Waals surface area (Å²) in [6.45, 7) is 0. The molecule has 0 aromatic carbocycles. The van der Waals surface area contributed by atoms with E-state index in [-0.39, 0.29) is 6.42 Å². The number of ether oxygens (including phenoxy) is 1. The van der Waals surface area contributed by atoms with Gasteiger partial charge in [-0.05, 0) is 0 Å². The minimum Gasteiger partial charge on any atom is -0.480 e. The Labute approximate surface area is 89.9 Å². The Hall–Kier alpha value is -1.63. The highest BCUT2D eigenvalue weighted by Crippen LogP contribution is 2.04. The third-order valence-electron chi connectivity index (χ3n) is 1.67. The summed E-state index contributed by atoms with van der Waals surface area (Å²) in [6, 6.07) is -1.01. The van der Waals surface area contributed by atoms with E-state index in [1.165, 1.54) is 18.4 Å². The fraction of sp³-hybridized carbons (Fsp3) is 0.375. The van der Waals surface area contributed by atoms with Crippen LogP contribution in [0.2, 0.25) is 0 Å². The van der Waals surface area contributed by atoms with Crippen molar-refractivity contribution in [3.63, 3.8) is 0 Å². The number of alkyl carbamates (subject to hydrolysis) is 1. The SMILES string of the molecule is COC(=O)N[C@@H](Cc1cscn1)C(=O)O. The number of amides is 1. The topological polar surface area (TPSA) is 88.5 Å². The van der Waals surface area contributed by atoms with Crippen LogP contribution in [-0.4, -0.2) is 35.3 Å². The molecule has 6 nitrogen and oxygen atoms in total. The molecule has 0 bridgehead atoms. The summed E-state index contributed by atoms with van der Waals surface area (Å²) >= 11 is 1.37. The molecule has 1 aromatic heterocycles. The van der Waals surface area contributed by atoms with Gasteiger partial charge in [0, 0.05) is 11.8 Å². The van der Waals surface area contributed by atoms with Crippen molar-refractivity contribution in [2.45, 2.75) is 12.5 Å². The van der Waals surface area contributed by atoms with E-state index in [0.29, 0.717) is 5.69 Å². The van der Waals surface area contributed by atoms with Gasteiger partial charge in [0.15, 0.2) is 0 Å². The average molecular weight is 230 g/mol. The van der Waals surface area contributed by atoms with Gasteiger partial charge in [0.1, 0.15) is 6.04 Å². The molecule has 0 aliphatic rings. The summed E-state index contributed by atoms with van der Waals surface area (Å²) in [6.07, 6.45) is -0.619. The molecule has 0 aliphatic heterocycles. The Balaban J connectivity index is 2.59. The predicted octanol–water partition coefficient (Wildman–Crippen LogP) is 0.495. The minimum absolute atomic E-state index is 0.147. The fourth-order valence-electron chi connectivity index (χ4n) is 0.949. The highest BCUT2D eigenvalue weighted by Gasteiger charge is 2.21. The quantitative estimate of drug-likeness (QED) is 0.786. The van der Waals surface area contributed by atoms with Crippen LogP contribution in [0.3, 0.4) is 0 Å². The van der Waals surface area contributed by atoms with Gasteiger partial charge in [-0.2, -0.15) is 0 Å². The van der Waals surface area contributed by atoms with Crippen LogP contribution in [-0.2, 0) is 16.0 Å². The van der Waals surface area contributed by atoms with Crippen molar-refractivity contribution in [1.82, 2.24) is 10.3 Å². The Kier molecular flexibility index (Phi) is 4.04. The number of aliphatic carboxylic acids is 1. The van der Waals surface area contributed by atoms with Crippen LogP contribution in [0, 0.1) is 0 Å². The molecule has 0 spiro atoms. The van der Waals surface area contributed by atoms with Crippen LogP contribution in [0.5, 0.6) is 0 Å². The molecule has 2 N–H and O–H groups in total. The van der Waals surface area contributed by atoms with Crippen LogP contribution in [0.1, 0.15) is 5.69 Å². The van der Waals surface area contributed by atoms with Crippen molar-refractivity contribution in [2.75, 3.05) is 7.11 Å². The number of aromatic nitrogens is 1. The molecule has 15 heavy (non-hydrogen) atoms. The molecule has 0 saturated heterocycles. The van der Waals surface area contributed by atoms with Crippen molar-refractivity contribution >= 4 is 23.4 Å². The van der Waals surface area contributed by atoms with Crippen LogP contribution in [0.25, 0.3) is 0 Å². The minimum atomic E-state index is -1.12. The first-order valence-corrected chi connectivity index (χ1v) is 5.02. The first kappa shape index (κ1) is 11.4. The number of carboxylic acid groups (broad SMARTS) is 1. The Morgan fingerprint density at radius 2 is 2.47 bits per heavy atom. The third-order valence-corrected chi connectivity index (χ3v) is 2.31. The van der Waals surface area contributed by atoms with E-state index in [0.717, 1.165) is 0 Å². The maximum atomic E-state index is 10.8. The van der Waals surface area contributed by atoms with Crippen molar-refractivity contribution in [3.05, 3.63) is 16.6 Å². The van der Waals surface area contributed by atoms with Crippen molar-refractivity contribution in [1.29, 1.82) is 0 Å². The van der Waals surface area contributed by atoms with E-state index in [4.69, 9.17) is 5.11 Å². The maximum absolute atomic E-state index is 10.8. The van der Waals surface area contributed by atoms with Crippen LogP contribution >= 0.6 is 11.3 Å². The molecule has 0 aliphatic carbocycles. The second-order valence-electron chi connectivity index (χ2n) is 2.71. The first-order chi connectivity index (χ1) is 7.13. The van der Waals surface area contributed by atoms with Crippen LogP contribution < -0.4 is 5.32 Å². The third kappa shape index (κ3) is 3.55. The first-order valence-electron chi connectivity index (χ1n) is 4.08. The summed E-state index contributed by atoms with van der Waals surface area (Å²) in [5, 5.41) is 12.8. The highest BCUT2D eigenvalue weighted by molar-refractivity contribution is 7.07. The Morgan fingerprint density at radius 3 is 2.93 bits per heavy atom. The summed E-state index contributed by atoms with van der Waals surface area (Å²) < 4.78 is 4.32. The summed E-state index contributed by atoms with van der Waals surface area (Å²) in [5.74, 6) is -1.12. The van der Waals surface area contributed by atoms with E-state index in [1.54, 1.807) is 10.9 Å². The van der Waals surface area contributed by atoms with E-state index < -0.39 is 18.1 Å². The molecule has 1 rings (SSSR count). The molecule has 0 radical (unpaired) electrons. The van der Waals surface area contributed by atoms with Crippen molar-refractivity contribution < 1.29 is 19.4 Å². The average Bonchev–Trinajstić information content (AvgIpc) is 2.69. The second-order valence-corrected chi connectivity index (χ2v) is 3.43. The number of rotatable bonds is 4. The van der Waals surface area contributed by atoms with Gasteiger partial charge in [0.25, 0.3) is 0 Å². The molecule has 0 unspecified atom stereocenters. The lowest BCUT2D eigenvalue weighted by molar-refractivity contribution is -0.139. The zero-order valence-corrected chi connectivity index (χ0v) is 8.78. The number of hydrogen-bond donors (Lipinski definition) is 2. The maximum Gasteiger partial charge on any atom is 0.407 e. The monoisotopic (exact) mass is 230 g/mol. The summed E-state index contributed by atoms with van der Waals surface area (Å²) in [5.41, 5.74) is 2.23. The highest BCUT2D eigenvalue weighted by atomic mass is 32.1. The molecular weight excluding hydrogens is 220 g/mol. The molecule has 0 saturated carbocycles. The van der Waals surface area contributed by atoms with Gasteiger partial charge in [0.2, 0.25) is 0 Å². The molecule has 1 heterocycles. The number of carboxylic acids is 1. The van der Waals surface area contributed by atoms with Gasteiger partial charge in [-0.25, -0.2) is 14.6 Å². The lowest BCUT2D eigenvalue weighted by Gasteiger charge is -2.11. The van der Waals surface area contributed by atoms with E-state index in [9.17, 15) is 9.59 Å². The largest absolute Gasteiger partial charge is 0.480 e. The number of nitrogens with zero attached hydrogens (tertiary/aromatic N) is 1. The lowest BCUT2D eigenvalue weighted by atomic mass is 10.2. The second kappa shape index (κ2) is 5.30. The molecular formula is C8H10N2O4S. The predicted molar refractivity (Wildman–Crippen MR) is 52.8 cm³/mol. The van der Waals surface area contributed by atoms with E-state index in [1.807, 2.05) is 0 Å². The van der Waals surface area contributed by atoms with Gasteiger partial charge in [-0.1, -0.05) is 0 Å². The number of nitrogens with one attached hydrogen (secondary N) is 1. The Morgan fingerprint density at radius 1 is 1.73 bits per heavy atom. The molecule has 1 amide bonds.